The van der Waals surface area contributed by atoms with Crippen LogP contribution in [0.4, 0.5) is 0 Å². The van der Waals surface area contributed by atoms with Crippen LogP contribution in [-0.4, -0.2) is 31.7 Å². The molecule has 262 valence electrons. The molecular formula is C44H68O3. The molecule has 0 heterocycles. The van der Waals surface area contributed by atoms with Gasteiger partial charge in [-0.05, 0) is 146 Å². The fraction of sp³-hybridized carbons (Fsp3) is 0.659. The smallest absolute Gasteiger partial charge is 0.145 e. The highest BCUT2D eigenvalue weighted by molar-refractivity contribution is 5.71. The third-order valence-electron chi connectivity index (χ3n) is 11.4. The first-order valence-electron chi connectivity index (χ1n) is 19.3. The molecule has 0 spiro atoms. The number of allylic oxidation sites excluding steroid dienone is 1. The van der Waals surface area contributed by atoms with Crippen molar-refractivity contribution in [1.82, 2.24) is 0 Å². The van der Waals surface area contributed by atoms with E-state index in [9.17, 15) is 9.90 Å². The Morgan fingerprint density at radius 2 is 1.51 bits per heavy atom. The Kier molecular flexibility index (Phi) is 18.1. The molecule has 47 heavy (non-hydrogen) atoms. The van der Waals surface area contributed by atoms with Crippen LogP contribution in [0, 0.1) is 23.7 Å². The molecule has 3 heteroatoms. The Bertz CT molecular complexity index is 1180. The van der Waals surface area contributed by atoms with Crippen LogP contribution in [0.3, 0.4) is 0 Å². The number of aliphatic hydroxyl groups excluding tert-OH is 1. The summed E-state index contributed by atoms with van der Waals surface area (Å²) in [6.07, 6.45) is 22.9. The summed E-state index contributed by atoms with van der Waals surface area (Å²) in [7, 11) is 1.80. The normalized spacial score (nSPS) is 21.8. The van der Waals surface area contributed by atoms with Gasteiger partial charge in [-0.15, -0.1) is 0 Å². The summed E-state index contributed by atoms with van der Waals surface area (Å²) in [5.41, 5.74) is 9.65. The van der Waals surface area contributed by atoms with Gasteiger partial charge in [0.05, 0.1) is 0 Å². The van der Waals surface area contributed by atoms with Crippen LogP contribution in [0.2, 0.25) is 0 Å². The molecule has 3 nitrogen and oxygen atoms in total. The minimum Gasteiger partial charge on any atom is -0.396 e. The molecule has 2 aromatic carbocycles. The average Bonchev–Trinajstić information content (AvgIpc) is 3.11. The van der Waals surface area contributed by atoms with Crippen molar-refractivity contribution in [3.63, 3.8) is 0 Å². The van der Waals surface area contributed by atoms with Crippen LogP contribution in [-0.2, 0) is 28.8 Å². The van der Waals surface area contributed by atoms with Crippen LogP contribution < -0.4 is 0 Å². The van der Waals surface area contributed by atoms with Crippen LogP contribution >= 0.6 is 0 Å². The predicted octanol–water partition coefficient (Wildman–Crippen LogP) is 11.5. The largest absolute Gasteiger partial charge is 0.396 e. The SMILES string of the molecule is C=C(C)C=O.CCCCCc1ccc(-c2ccc(C3CCC(CCC4CCC(C(CCO)COC)CC4)CC3)cc2CC)cc1CC. The van der Waals surface area contributed by atoms with Gasteiger partial charge in [0.15, 0.2) is 0 Å². The zero-order valence-corrected chi connectivity index (χ0v) is 30.8. The zero-order valence-electron chi connectivity index (χ0n) is 30.8. The first kappa shape index (κ1) is 39.2. The molecule has 0 amide bonds. The third-order valence-corrected chi connectivity index (χ3v) is 11.4. The van der Waals surface area contributed by atoms with Gasteiger partial charge in [-0.3, -0.25) is 4.79 Å². The lowest BCUT2D eigenvalue weighted by atomic mass is 9.72. The number of methoxy groups -OCH3 is 1. The number of benzene rings is 2. The van der Waals surface area contributed by atoms with E-state index in [4.69, 9.17) is 4.74 Å². The summed E-state index contributed by atoms with van der Waals surface area (Å²) in [5, 5.41) is 9.45. The summed E-state index contributed by atoms with van der Waals surface area (Å²) in [4.78, 5) is 9.41. The second kappa shape index (κ2) is 21.7. The van der Waals surface area contributed by atoms with Crippen LogP contribution in [0.1, 0.15) is 146 Å². The lowest BCUT2D eigenvalue weighted by Crippen LogP contribution is -2.26. The van der Waals surface area contributed by atoms with Crippen molar-refractivity contribution in [3.8, 4) is 11.1 Å². The van der Waals surface area contributed by atoms with E-state index in [2.05, 4.69) is 63.7 Å². The molecule has 0 aromatic heterocycles. The molecule has 2 aliphatic rings. The minimum atomic E-state index is 0.299. The molecule has 2 saturated carbocycles. The second-order valence-corrected chi connectivity index (χ2v) is 14.8. The molecule has 2 aromatic rings. The topological polar surface area (TPSA) is 46.5 Å². The number of unbranched alkanes of at least 4 members (excludes halogenated alkanes) is 2. The summed E-state index contributed by atoms with van der Waals surface area (Å²) in [6.45, 7) is 13.0. The van der Waals surface area contributed by atoms with Crippen molar-refractivity contribution < 1.29 is 14.6 Å². The number of carbonyl (C=O) groups is 1. The monoisotopic (exact) mass is 645 g/mol. The molecule has 1 N–H and O–H groups in total. The minimum absolute atomic E-state index is 0.299. The Morgan fingerprint density at radius 1 is 0.872 bits per heavy atom. The van der Waals surface area contributed by atoms with Gasteiger partial charge >= 0.3 is 0 Å². The summed E-state index contributed by atoms with van der Waals surface area (Å²) in [6, 6.07) is 14.8. The molecule has 0 saturated heterocycles. The lowest BCUT2D eigenvalue weighted by Gasteiger charge is -2.35. The highest BCUT2D eigenvalue weighted by Crippen LogP contribution is 2.42. The van der Waals surface area contributed by atoms with Crippen LogP contribution in [0.25, 0.3) is 11.1 Å². The quantitative estimate of drug-likeness (QED) is 0.106. The first-order valence-corrected chi connectivity index (χ1v) is 19.3. The van der Waals surface area contributed by atoms with Gasteiger partial charge in [-0.25, -0.2) is 0 Å². The van der Waals surface area contributed by atoms with E-state index in [0.717, 1.165) is 55.8 Å². The highest BCUT2D eigenvalue weighted by Gasteiger charge is 2.29. The van der Waals surface area contributed by atoms with Crippen molar-refractivity contribution >= 4 is 6.29 Å². The van der Waals surface area contributed by atoms with E-state index in [1.807, 2.05) is 0 Å². The average molecular weight is 645 g/mol. The van der Waals surface area contributed by atoms with Gasteiger partial charge < -0.3 is 9.84 Å². The Labute approximate surface area is 289 Å². The van der Waals surface area contributed by atoms with Crippen LogP contribution in [0.15, 0.2) is 48.6 Å². The highest BCUT2D eigenvalue weighted by atomic mass is 16.5. The fourth-order valence-corrected chi connectivity index (χ4v) is 8.41. The summed E-state index contributed by atoms with van der Waals surface area (Å²) >= 11 is 0. The fourth-order valence-electron chi connectivity index (χ4n) is 8.41. The molecule has 1 atom stereocenters. The molecule has 0 radical (unpaired) electrons. The van der Waals surface area contributed by atoms with Crippen molar-refractivity contribution in [2.75, 3.05) is 20.3 Å². The summed E-state index contributed by atoms with van der Waals surface area (Å²) < 4.78 is 5.46. The second-order valence-electron chi connectivity index (χ2n) is 14.8. The number of aliphatic hydroxyl groups is 1. The van der Waals surface area contributed by atoms with E-state index in [0.29, 0.717) is 18.1 Å². The van der Waals surface area contributed by atoms with Crippen molar-refractivity contribution in [3.05, 3.63) is 70.8 Å². The molecule has 2 aliphatic carbocycles. The molecule has 4 rings (SSSR count). The number of rotatable bonds is 17. The van der Waals surface area contributed by atoms with E-state index >= 15 is 0 Å². The molecule has 0 bridgehead atoms. The molecule has 2 fully saturated rings. The number of ether oxygens (including phenoxy) is 1. The zero-order chi connectivity index (χ0) is 34.0. The van der Waals surface area contributed by atoms with Gasteiger partial charge in [0.1, 0.15) is 6.29 Å². The van der Waals surface area contributed by atoms with Crippen LogP contribution in [0.5, 0.6) is 0 Å². The van der Waals surface area contributed by atoms with Gasteiger partial charge in [0.25, 0.3) is 0 Å². The maximum Gasteiger partial charge on any atom is 0.145 e. The third kappa shape index (κ3) is 12.6. The van der Waals surface area contributed by atoms with E-state index < -0.39 is 0 Å². The van der Waals surface area contributed by atoms with E-state index in [-0.39, 0.29) is 0 Å². The Morgan fingerprint density at radius 3 is 2.06 bits per heavy atom. The lowest BCUT2D eigenvalue weighted by molar-refractivity contribution is -0.104. The molecule has 1 unspecified atom stereocenters. The maximum absolute atomic E-state index is 9.45. The first-order chi connectivity index (χ1) is 22.9. The number of hydrogen-bond donors (Lipinski definition) is 1. The van der Waals surface area contributed by atoms with Crippen molar-refractivity contribution in [2.45, 2.75) is 143 Å². The number of carbonyl (C=O) groups excluding carboxylic acids is 1. The van der Waals surface area contributed by atoms with E-state index in [1.165, 1.54) is 112 Å². The standard InChI is InChI=1S/C40H62O2.C4H6O/c1-5-8-9-10-34-21-22-38(27-32(34)6-2)40-24-23-37(28-33(40)7-3)35-17-13-30(14-18-35)11-12-31-15-19-36(20-16-31)39(25-26-41)29-42-4;1-4(2)3-5/h21-24,27-28,30-31,35-36,39,41H,5-20,25-26,29H2,1-4H3;3H,1H2,2H3. The summed E-state index contributed by atoms with van der Waals surface area (Å²) in [5.74, 6) is 3.91. The van der Waals surface area contributed by atoms with Crippen molar-refractivity contribution in [2.24, 2.45) is 23.7 Å². The predicted molar refractivity (Wildman–Crippen MR) is 201 cm³/mol. The van der Waals surface area contributed by atoms with Crippen molar-refractivity contribution in [1.29, 1.82) is 0 Å². The number of aryl methyl sites for hydroxylation is 3. The maximum atomic E-state index is 9.45. The molecular weight excluding hydrogens is 576 g/mol. The number of hydrogen-bond acceptors (Lipinski definition) is 3. The Balaban J connectivity index is 0.00000111. The van der Waals surface area contributed by atoms with Gasteiger partial charge in [0, 0.05) is 20.3 Å². The number of aldehydes is 1. The molecule has 0 aliphatic heterocycles. The van der Waals surface area contributed by atoms with Gasteiger partial charge in [-0.2, -0.15) is 0 Å². The van der Waals surface area contributed by atoms with Gasteiger partial charge in [0.2, 0.25) is 0 Å². The van der Waals surface area contributed by atoms with E-state index in [1.54, 1.807) is 25.2 Å². The van der Waals surface area contributed by atoms with Gasteiger partial charge in [-0.1, -0.05) is 102 Å². The Hall–Kier alpha value is -2.23.